The molecule has 1 aromatic carbocycles. The molecule has 0 aliphatic carbocycles. The molecule has 1 heterocycles. The fourth-order valence-electron chi connectivity index (χ4n) is 1.02. The number of benzene rings is 1. The number of aromatic nitrogens is 2. The first-order valence-electron chi connectivity index (χ1n) is 3.34. The SMILES string of the molecule is Fc1ccc2c(Cl)nncc2c1. The zero-order valence-corrected chi connectivity index (χ0v) is 6.72. The Morgan fingerprint density at radius 1 is 1.33 bits per heavy atom. The molecule has 0 saturated carbocycles. The van der Waals surface area contributed by atoms with Crippen LogP contribution in [0.5, 0.6) is 0 Å². The fraction of sp³-hybridized carbons (Fsp3) is 0. The highest BCUT2D eigenvalue weighted by Gasteiger charge is 2.00. The molecule has 0 unspecified atom stereocenters. The molecule has 0 radical (unpaired) electrons. The zero-order valence-electron chi connectivity index (χ0n) is 5.96. The summed E-state index contributed by atoms with van der Waals surface area (Å²) in [4.78, 5) is 0. The zero-order chi connectivity index (χ0) is 8.55. The third kappa shape index (κ3) is 1.12. The molecule has 0 bridgehead atoms. The maximum atomic E-state index is 12.7. The molecule has 0 spiro atoms. The number of rotatable bonds is 0. The standard InChI is InChI=1S/C8H4ClFN2/c9-8-7-2-1-6(10)3-5(7)4-11-12-8/h1-4H. The van der Waals surface area contributed by atoms with Gasteiger partial charge in [-0.1, -0.05) is 11.6 Å². The van der Waals surface area contributed by atoms with Crippen LogP contribution in [0, 0.1) is 5.82 Å². The summed E-state index contributed by atoms with van der Waals surface area (Å²) in [7, 11) is 0. The molecule has 0 fully saturated rings. The molecule has 0 amide bonds. The number of halogens is 2. The predicted molar refractivity (Wildman–Crippen MR) is 44.5 cm³/mol. The molecule has 0 aliphatic heterocycles. The van der Waals surface area contributed by atoms with Gasteiger partial charge in [0.25, 0.3) is 0 Å². The van der Waals surface area contributed by atoms with Gasteiger partial charge in [0.2, 0.25) is 0 Å². The Bertz CT molecular complexity index is 430. The van der Waals surface area contributed by atoms with Crippen LogP contribution in [0.4, 0.5) is 4.39 Å². The summed E-state index contributed by atoms with van der Waals surface area (Å²) in [5.41, 5.74) is 0. The largest absolute Gasteiger partial charge is 0.207 e. The monoisotopic (exact) mass is 182 g/mol. The van der Waals surface area contributed by atoms with Gasteiger partial charge in [-0.05, 0) is 18.2 Å². The molecule has 12 heavy (non-hydrogen) atoms. The molecule has 1 aromatic heterocycles. The molecule has 0 atom stereocenters. The van der Waals surface area contributed by atoms with E-state index in [4.69, 9.17) is 11.6 Å². The second kappa shape index (κ2) is 2.68. The van der Waals surface area contributed by atoms with E-state index in [1.807, 2.05) is 0 Å². The van der Waals surface area contributed by atoms with E-state index in [0.717, 1.165) is 0 Å². The van der Waals surface area contributed by atoms with E-state index < -0.39 is 0 Å². The maximum absolute atomic E-state index is 12.7. The number of fused-ring (bicyclic) bond motifs is 1. The van der Waals surface area contributed by atoms with Crippen molar-refractivity contribution in [2.24, 2.45) is 0 Å². The van der Waals surface area contributed by atoms with Gasteiger partial charge in [-0.25, -0.2) is 4.39 Å². The van der Waals surface area contributed by atoms with Crippen molar-refractivity contribution in [3.05, 3.63) is 35.4 Å². The predicted octanol–water partition coefficient (Wildman–Crippen LogP) is 2.42. The Labute approximate surface area is 73.0 Å². The van der Waals surface area contributed by atoms with Crippen LogP contribution in [0.3, 0.4) is 0 Å². The molecule has 0 N–H and O–H groups in total. The summed E-state index contributed by atoms with van der Waals surface area (Å²) in [5.74, 6) is -0.299. The summed E-state index contributed by atoms with van der Waals surface area (Å²) < 4.78 is 12.7. The minimum absolute atomic E-state index is 0.299. The van der Waals surface area contributed by atoms with Gasteiger partial charge >= 0.3 is 0 Å². The third-order valence-corrected chi connectivity index (χ3v) is 1.86. The van der Waals surface area contributed by atoms with Gasteiger partial charge in [0.05, 0.1) is 6.20 Å². The normalized spacial score (nSPS) is 10.5. The van der Waals surface area contributed by atoms with Crippen molar-refractivity contribution in [2.75, 3.05) is 0 Å². The van der Waals surface area contributed by atoms with E-state index in [1.54, 1.807) is 6.07 Å². The van der Waals surface area contributed by atoms with Crippen LogP contribution in [-0.2, 0) is 0 Å². The van der Waals surface area contributed by atoms with Gasteiger partial charge in [-0.2, -0.15) is 5.10 Å². The molecule has 0 saturated heterocycles. The Morgan fingerprint density at radius 3 is 3.00 bits per heavy atom. The highest BCUT2D eigenvalue weighted by molar-refractivity contribution is 6.34. The second-order valence-electron chi connectivity index (χ2n) is 2.37. The molecule has 4 heteroatoms. The molecule has 2 nitrogen and oxygen atoms in total. The molecule has 60 valence electrons. The van der Waals surface area contributed by atoms with Gasteiger partial charge in [0.15, 0.2) is 5.15 Å². The van der Waals surface area contributed by atoms with Crippen LogP contribution < -0.4 is 0 Å². The first-order valence-corrected chi connectivity index (χ1v) is 3.71. The van der Waals surface area contributed by atoms with E-state index in [2.05, 4.69) is 10.2 Å². The summed E-state index contributed by atoms with van der Waals surface area (Å²) >= 11 is 5.71. The quantitative estimate of drug-likeness (QED) is 0.625. The summed E-state index contributed by atoms with van der Waals surface area (Å²) in [5, 5.41) is 8.91. The number of hydrogen-bond acceptors (Lipinski definition) is 2. The first kappa shape index (κ1) is 7.43. The van der Waals surface area contributed by atoms with Gasteiger partial charge in [0, 0.05) is 10.8 Å². The van der Waals surface area contributed by atoms with Crippen LogP contribution >= 0.6 is 11.6 Å². The average Bonchev–Trinajstić information content (AvgIpc) is 2.04. The highest BCUT2D eigenvalue weighted by atomic mass is 35.5. The van der Waals surface area contributed by atoms with E-state index in [-0.39, 0.29) is 5.82 Å². The minimum Gasteiger partial charge on any atom is -0.207 e. The Morgan fingerprint density at radius 2 is 2.17 bits per heavy atom. The highest BCUT2D eigenvalue weighted by Crippen LogP contribution is 2.19. The van der Waals surface area contributed by atoms with Crippen molar-refractivity contribution in [1.29, 1.82) is 0 Å². The topological polar surface area (TPSA) is 25.8 Å². The van der Waals surface area contributed by atoms with E-state index in [1.165, 1.54) is 18.3 Å². The number of hydrogen-bond donors (Lipinski definition) is 0. The molecule has 2 rings (SSSR count). The van der Waals surface area contributed by atoms with Gasteiger partial charge in [0.1, 0.15) is 5.82 Å². The molecular formula is C8H4ClFN2. The van der Waals surface area contributed by atoms with Gasteiger partial charge in [-0.3, -0.25) is 0 Å². The van der Waals surface area contributed by atoms with Crippen LogP contribution in [0.2, 0.25) is 5.15 Å². The lowest BCUT2D eigenvalue weighted by Crippen LogP contribution is -1.84. The molecule has 0 aliphatic rings. The van der Waals surface area contributed by atoms with Crippen molar-refractivity contribution in [3.8, 4) is 0 Å². The lowest BCUT2D eigenvalue weighted by molar-refractivity contribution is 0.629. The Kier molecular flexibility index (Phi) is 1.66. The van der Waals surface area contributed by atoms with Crippen LogP contribution in [-0.4, -0.2) is 10.2 Å². The molecular weight excluding hydrogens is 179 g/mol. The first-order chi connectivity index (χ1) is 5.77. The van der Waals surface area contributed by atoms with E-state index in [9.17, 15) is 4.39 Å². The van der Waals surface area contributed by atoms with Crippen molar-refractivity contribution >= 4 is 22.4 Å². The van der Waals surface area contributed by atoms with Crippen LogP contribution in [0.25, 0.3) is 10.8 Å². The van der Waals surface area contributed by atoms with Crippen LogP contribution in [0.1, 0.15) is 0 Å². The third-order valence-electron chi connectivity index (χ3n) is 1.58. The van der Waals surface area contributed by atoms with E-state index >= 15 is 0 Å². The lowest BCUT2D eigenvalue weighted by atomic mass is 10.2. The van der Waals surface area contributed by atoms with Crippen molar-refractivity contribution in [3.63, 3.8) is 0 Å². The summed E-state index contributed by atoms with van der Waals surface area (Å²) in [6.45, 7) is 0. The van der Waals surface area contributed by atoms with E-state index in [0.29, 0.717) is 15.9 Å². The van der Waals surface area contributed by atoms with Crippen molar-refractivity contribution in [1.82, 2.24) is 10.2 Å². The van der Waals surface area contributed by atoms with Crippen molar-refractivity contribution in [2.45, 2.75) is 0 Å². The average molecular weight is 183 g/mol. The fourth-order valence-corrected chi connectivity index (χ4v) is 1.24. The second-order valence-corrected chi connectivity index (χ2v) is 2.72. The maximum Gasteiger partial charge on any atom is 0.159 e. The van der Waals surface area contributed by atoms with Crippen LogP contribution in [0.15, 0.2) is 24.4 Å². The van der Waals surface area contributed by atoms with Crippen molar-refractivity contribution < 1.29 is 4.39 Å². The Balaban J connectivity index is 2.86. The summed E-state index contributed by atoms with van der Waals surface area (Å²) in [6.07, 6.45) is 1.48. The van der Waals surface area contributed by atoms with Gasteiger partial charge in [-0.15, -0.1) is 5.10 Å². The summed E-state index contributed by atoms with van der Waals surface area (Å²) in [6, 6.07) is 4.30. The Hall–Kier alpha value is -1.22. The number of nitrogens with zero attached hydrogens (tertiary/aromatic N) is 2. The molecule has 2 aromatic rings. The minimum atomic E-state index is -0.299. The lowest BCUT2D eigenvalue weighted by Gasteiger charge is -1.96. The smallest absolute Gasteiger partial charge is 0.159 e. The van der Waals surface area contributed by atoms with Gasteiger partial charge < -0.3 is 0 Å².